The van der Waals surface area contributed by atoms with Crippen LogP contribution in [0, 0.1) is 19.7 Å². The van der Waals surface area contributed by atoms with Gasteiger partial charge in [0.25, 0.3) is 11.8 Å². The van der Waals surface area contributed by atoms with Gasteiger partial charge >= 0.3 is 0 Å². The van der Waals surface area contributed by atoms with Gasteiger partial charge in [-0.15, -0.1) is 0 Å². The van der Waals surface area contributed by atoms with Crippen molar-refractivity contribution in [1.29, 1.82) is 0 Å². The number of nitrogens with zero attached hydrogens (tertiary/aromatic N) is 2. The molecule has 3 N–H and O–H groups in total. The van der Waals surface area contributed by atoms with Crippen LogP contribution in [-0.4, -0.2) is 67.4 Å². The predicted octanol–water partition coefficient (Wildman–Crippen LogP) is 4.44. The summed E-state index contributed by atoms with van der Waals surface area (Å²) in [6.07, 6.45) is 1.74. The van der Waals surface area contributed by atoms with Gasteiger partial charge in [-0.05, 0) is 74.5 Å². The molecule has 0 saturated heterocycles. The van der Waals surface area contributed by atoms with Gasteiger partial charge in [-0.2, -0.15) is 0 Å². The third-order valence-corrected chi connectivity index (χ3v) is 7.83. The van der Waals surface area contributed by atoms with Gasteiger partial charge in [-0.1, -0.05) is 26.0 Å². The Bertz CT molecular complexity index is 1510. The molecule has 4 rings (SSSR count). The molecule has 10 heteroatoms. The van der Waals surface area contributed by atoms with Crippen LogP contribution in [0.15, 0.2) is 42.5 Å². The first-order valence-corrected chi connectivity index (χ1v) is 14.6. The highest BCUT2D eigenvalue weighted by Gasteiger charge is 2.33. The second-order valence-electron chi connectivity index (χ2n) is 10.5. The molecule has 3 amide bonds. The number of halogens is 1. The van der Waals surface area contributed by atoms with E-state index in [2.05, 4.69) is 34.4 Å². The van der Waals surface area contributed by atoms with Crippen molar-refractivity contribution in [3.63, 3.8) is 0 Å². The quantitative estimate of drug-likeness (QED) is 0.256. The Kier molecular flexibility index (Phi) is 10.4. The molecule has 0 atom stereocenters. The summed E-state index contributed by atoms with van der Waals surface area (Å²) >= 11 is 0. The number of aromatic amines is 1. The van der Waals surface area contributed by atoms with Gasteiger partial charge in [0.2, 0.25) is 5.91 Å². The van der Waals surface area contributed by atoms with E-state index in [0.717, 1.165) is 30.9 Å². The average Bonchev–Trinajstić information content (AvgIpc) is 3.43. The number of methoxy groups -OCH3 is 1. The molecule has 9 nitrogen and oxygen atoms in total. The molecule has 3 aromatic rings. The van der Waals surface area contributed by atoms with Crippen LogP contribution in [-0.2, 0) is 16.1 Å². The van der Waals surface area contributed by atoms with E-state index in [1.54, 1.807) is 19.3 Å². The molecule has 1 aromatic heterocycles. The van der Waals surface area contributed by atoms with E-state index in [4.69, 9.17) is 4.74 Å². The number of fused-ring (bicyclic) bond motifs is 1. The van der Waals surface area contributed by atoms with E-state index in [1.807, 2.05) is 38.1 Å². The molecule has 0 radical (unpaired) electrons. The second kappa shape index (κ2) is 14.2. The number of H-pyrrole nitrogens is 1. The van der Waals surface area contributed by atoms with Crippen LogP contribution in [0.2, 0.25) is 0 Å². The third kappa shape index (κ3) is 7.32. The number of hydrogen-bond donors (Lipinski definition) is 3. The molecular formula is C33H40FN5O4. The van der Waals surface area contributed by atoms with E-state index in [-0.39, 0.29) is 30.7 Å². The highest BCUT2D eigenvalue weighted by atomic mass is 19.1. The number of hydrogen-bond acceptors (Lipinski definition) is 5. The molecule has 1 aliphatic rings. The molecule has 0 fully saturated rings. The van der Waals surface area contributed by atoms with Crippen molar-refractivity contribution in [2.75, 3.05) is 44.7 Å². The summed E-state index contributed by atoms with van der Waals surface area (Å²) in [5.41, 5.74) is 4.71. The van der Waals surface area contributed by atoms with Crippen LogP contribution in [0.3, 0.4) is 0 Å². The van der Waals surface area contributed by atoms with Crippen LogP contribution in [0.4, 0.5) is 10.1 Å². The lowest BCUT2D eigenvalue weighted by atomic mass is 10.0. The fraction of sp³-hybridized carbons (Fsp3) is 0.364. The fourth-order valence-electron chi connectivity index (χ4n) is 5.30. The van der Waals surface area contributed by atoms with Gasteiger partial charge < -0.3 is 30.2 Å². The second-order valence-corrected chi connectivity index (χ2v) is 10.5. The molecule has 228 valence electrons. The van der Waals surface area contributed by atoms with E-state index >= 15 is 0 Å². The van der Waals surface area contributed by atoms with Crippen molar-refractivity contribution in [2.45, 2.75) is 40.7 Å². The highest BCUT2D eigenvalue weighted by Crippen LogP contribution is 2.39. The molecule has 0 aliphatic carbocycles. The lowest BCUT2D eigenvalue weighted by Crippen LogP contribution is -2.35. The van der Waals surface area contributed by atoms with Crippen molar-refractivity contribution in [3.05, 3.63) is 81.9 Å². The number of rotatable bonds is 13. The molecule has 0 spiro atoms. The third-order valence-electron chi connectivity index (χ3n) is 7.83. The van der Waals surface area contributed by atoms with Gasteiger partial charge in [0.05, 0.1) is 23.9 Å². The van der Waals surface area contributed by atoms with E-state index in [1.165, 1.54) is 17.0 Å². The Balaban J connectivity index is 1.48. The average molecular weight is 590 g/mol. The number of anilines is 1. The maximum atomic E-state index is 14.3. The maximum Gasteiger partial charge on any atom is 0.259 e. The van der Waals surface area contributed by atoms with E-state index in [0.29, 0.717) is 52.4 Å². The van der Waals surface area contributed by atoms with Gasteiger partial charge in [-0.3, -0.25) is 14.4 Å². The van der Waals surface area contributed by atoms with E-state index in [9.17, 15) is 18.8 Å². The number of ether oxygens (including phenoxy) is 1. The topological polar surface area (TPSA) is 107 Å². The lowest BCUT2D eigenvalue weighted by Gasteiger charge is -2.18. The van der Waals surface area contributed by atoms with E-state index < -0.39 is 5.82 Å². The monoisotopic (exact) mass is 589 g/mol. The maximum absolute atomic E-state index is 14.3. The zero-order valence-electron chi connectivity index (χ0n) is 25.5. The van der Waals surface area contributed by atoms with Crippen LogP contribution in [0.5, 0.6) is 5.75 Å². The summed E-state index contributed by atoms with van der Waals surface area (Å²) < 4.78 is 19.5. The number of aromatic nitrogens is 1. The Labute approximate surface area is 252 Å². The molecular weight excluding hydrogens is 549 g/mol. The first-order valence-electron chi connectivity index (χ1n) is 14.6. The number of aryl methyl sites for hydroxylation is 1. The number of benzene rings is 2. The molecule has 2 aromatic carbocycles. The lowest BCUT2D eigenvalue weighted by molar-refractivity contribution is -0.121. The number of carbonyl (C=O) groups is 3. The molecule has 0 unspecified atom stereocenters. The fourth-order valence-corrected chi connectivity index (χ4v) is 5.30. The molecule has 0 bridgehead atoms. The van der Waals surface area contributed by atoms with Gasteiger partial charge in [-0.25, -0.2) is 4.39 Å². The summed E-state index contributed by atoms with van der Waals surface area (Å²) in [5.74, 6) is -0.465. The SMILES string of the molecule is CCN(CC)CCNC(=O)c1c(C)[nH]c(/C=C2\C(=O)N(CCC(=O)NCc3ccc(OC)cc3)c3ccc(F)cc32)c1C. The highest BCUT2D eigenvalue weighted by molar-refractivity contribution is 6.36. The Morgan fingerprint density at radius 1 is 1.07 bits per heavy atom. The van der Waals surface area contributed by atoms with Crippen molar-refractivity contribution in [3.8, 4) is 5.75 Å². The molecule has 0 saturated carbocycles. The molecule has 43 heavy (non-hydrogen) atoms. The van der Waals surface area contributed by atoms with Crippen molar-refractivity contribution < 1.29 is 23.5 Å². The minimum Gasteiger partial charge on any atom is -0.497 e. The van der Waals surface area contributed by atoms with Crippen molar-refractivity contribution in [2.24, 2.45) is 0 Å². The Hall–Kier alpha value is -4.44. The summed E-state index contributed by atoms with van der Waals surface area (Å²) in [7, 11) is 1.59. The van der Waals surface area contributed by atoms with Crippen molar-refractivity contribution in [1.82, 2.24) is 20.5 Å². The Morgan fingerprint density at radius 3 is 2.47 bits per heavy atom. The van der Waals surface area contributed by atoms with Crippen LogP contribution < -0.4 is 20.3 Å². The number of nitrogens with one attached hydrogen (secondary N) is 3. The molecule has 1 aliphatic heterocycles. The van der Waals surface area contributed by atoms with Gasteiger partial charge in [0.1, 0.15) is 11.6 Å². The summed E-state index contributed by atoms with van der Waals surface area (Å²) in [5, 5.41) is 5.86. The zero-order valence-corrected chi connectivity index (χ0v) is 25.5. The summed E-state index contributed by atoms with van der Waals surface area (Å²) in [6.45, 7) is 11.4. The van der Waals surface area contributed by atoms with Gasteiger partial charge in [0, 0.05) is 49.6 Å². The predicted molar refractivity (Wildman–Crippen MR) is 166 cm³/mol. The first-order chi connectivity index (χ1) is 20.7. The normalized spacial score (nSPS) is 13.5. The van der Waals surface area contributed by atoms with Crippen molar-refractivity contribution >= 4 is 35.1 Å². The van der Waals surface area contributed by atoms with Crippen LogP contribution in [0.25, 0.3) is 11.6 Å². The minimum atomic E-state index is -0.468. The Morgan fingerprint density at radius 2 is 1.79 bits per heavy atom. The number of carbonyl (C=O) groups excluding carboxylic acids is 3. The summed E-state index contributed by atoms with van der Waals surface area (Å²) in [4.78, 5) is 46.3. The standard InChI is InChI=1S/C33H40FN5O4/c1-6-38(7-2)17-15-35-32(41)31-21(3)28(37-22(31)4)19-27-26-18-24(34)10-13-29(26)39(33(27)42)16-14-30(40)36-20-23-8-11-25(43-5)12-9-23/h8-13,18-19,37H,6-7,14-17,20H2,1-5H3,(H,35,41)(H,36,40)/b27-19-. The van der Waals surface area contributed by atoms with Gasteiger partial charge in [0.15, 0.2) is 0 Å². The largest absolute Gasteiger partial charge is 0.497 e. The smallest absolute Gasteiger partial charge is 0.259 e. The number of likely N-dealkylation sites (N-methyl/N-ethyl adjacent to an activating group) is 1. The first kappa shape index (κ1) is 31.5. The van der Waals surface area contributed by atoms with Crippen LogP contribution >= 0.6 is 0 Å². The minimum absolute atomic E-state index is 0.0738. The number of amides is 3. The molecule has 2 heterocycles. The van der Waals surface area contributed by atoms with Crippen LogP contribution in [0.1, 0.15) is 58.7 Å². The summed E-state index contributed by atoms with van der Waals surface area (Å²) in [6, 6.07) is 11.6. The zero-order chi connectivity index (χ0) is 31.1.